The Kier molecular flexibility index (Phi) is 7.01. The number of benzene rings is 2. The van der Waals surface area contributed by atoms with Gasteiger partial charge in [-0.3, -0.25) is 4.79 Å². The van der Waals surface area contributed by atoms with Crippen LogP contribution >= 0.6 is 11.6 Å². The highest BCUT2D eigenvalue weighted by atomic mass is 35.5. The Balaban J connectivity index is 1.53. The van der Waals surface area contributed by atoms with Crippen molar-refractivity contribution in [2.75, 3.05) is 20.6 Å². The second-order valence-electron chi connectivity index (χ2n) is 7.17. The molecule has 0 spiro atoms. The maximum absolute atomic E-state index is 12.3. The number of halogens is 1. The molecule has 2 aromatic carbocycles. The predicted octanol–water partition coefficient (Wildman–Crippen LogP) is 4.05. The van der Waals surface area contributed by atoms with Gasteiger partial charge >= 0.3 is 0 Å². The van der Waals surface area contributed by atoms with Gasteiger partial charge in [0.15, 0.2) is 0 Å². The fraction of sp³-hybridized carbons (Fsp3) is 0.318. The summed E-state index contributed by atoms with van der Waals surface area (Å²) in [4.78, 5) is 14.4. The van der Waals surface area contributed by atoms with Gasteiger partial charge in [0.2, 0.25) is 17.7 Å². The van der Waals surface area contributed by atoms with Crippen molar-refractivity contribution in [3.63, 3.8) is 0 Å². The third kappa shape index (κ3) is 5.65. The standard InChI is InChI=1S/C22H25ClN4O2/c1-15-8-10-16(11-9-15)22-26-25-21(29-22)13-12-20(28)24-14-19(27(2)3)17-6-4-5-7-18(17)23/h4-11,19H,12-14H2,1-3H3,(H,24,28). The highest BCUT2D eigenvalue weighted by Gasteiger charge is 2.18. The molecule has 29 heavy (non-hydrogen) atoms. The van der Waals surface area contributed by atoms with Crippen LogP contribution < -0.4 is 5.32 Å². The minimum Gasteiger partial charge on any atom is -0.421 e. The quantitative estimate of drug-likeness (QED) is 0.604. The topological polar surface area (TPSA) is 71.3 Å². The molecule has 1 aromatic heterocycles. The number of carbonyl (C=O) groups excluding carboxylic acids is 1. The van der Waals surface area contributed by atoms with Crippen LogP contribution in [0, 0.1) is 6.92 Å². The van der Waals surface area contributed by atoms with E-state index in [0.29, 0.717) is 29.8 Å². The lowest BCUT2D eigenvalue weighted by Crippen LogP contribution is -2.34. The average molecular weight is 413 g/mol. The molecule has 0 fully saturated rings. The molecule has 0 aliphatic heterocycles. The number of amides is 1. The lowest BCUT2D eigenvalue weighted by molar-refractivity contribution is -0.121. The molecule has 1 atom stereocenters. The molecular formula is C22H25ClN4O2. The van der Waals surface area contributed by atoms with Gasteiger partial charge in [0, 0.05) is 30.0 Å². The Morgan fingerprint density at radius 2 is 1.86 bits per heavy atom. The van der Waals surface area contributed by atoms with Crippen molar-refractivity contribution in [2.45, 2.75) is 25.8 Å². The summed E-state index contributed by atoms with van der Waals surface area (Å²) in [6.45, 7) is 2.49. The molecule has 1 heterocycles. The first-order valence-electron chi connectivity index (χ1n) is 9.51. The summed E-state index contributed by atoms with van der Waals surface area (Å²) in [5, 5.41) is 11.8. The van der Waals surface area contributed by atoms with Crippen LogP contribution in [0.5, 0.6) is 0 Å². The molecule has 0 radical (unpaired) electrons. The van der Waals surface area contributed by atoms with Crippen molar-refractivity contribution in [1.29, 1.82) is 0 Å². The van der Waals surface area contributed by atoms with Gasteiger partial charge < -0.3 is 14.6 Å². The lowest BCUT2D eigenvalue weighted by Gasteiger charge is -2.26. The first-order valence-corrected chi connectivity index (χ1v) is 9.89. The monoisotopic (exact) mass is 412 g/mol. The van der Waals surface area contributed by atoms with E-state index in [1.54, 1.807) is 0 Å². The van der Waals surface area contributed by atoms with Gasteiger partial charge in [-0.1, -0.05) is 47.5 Å². The summed E-state index contributed by atoms with van der Waals surface area (Å²) >= 11 is 6.31. The largest absolute Gasteiger partial charge is 0.421 e. The number of carbonyl (C=O) groups is 1. The molecule has 0 aliphatic carbocycles. The fourth-order valence-electron chi connectivity index (χ4n) is 3.00. The molecule has 0 bridgehead atoms. The van der Waals surface area contributed by atoms with E-state index in [2.05, 4.69) is 15.5 Å². The molecule has 7 heteroatoms. The molecule has 1 unspecified atom stereocenters. The van der Waals surface area contributed by atoms with E-state index in [4.69, 9.17) is 16.0 Å². The van der Waals surface area contributed by atoms with E-state index < -0.39 is 0 Å². The van der Waals surface area contributed by atoms with Gasteiger partial charge in [-0.05, 0) is 44.8 Å². The lowest BCUT2D eigenvalue weighted by atomic mass is 10.1. The summed E-state index contributed by atoms with van der Waals surface area (Å²) < 4.78 is 5.68. The maximum atomic E-state index is 12.3. The van der Waals surface area contributed by atoms with Gasteiger partial charge in [0.25, 0.3) is 0 Å². The van der Waals surface area contributed by atoms with Crippen LogP contribution in [0.1, 0.15) is 29.5 Å². The van der Waals surface area contributed by atoms with Crippen LogP contribution in [0.2, 0.25) is 5.02 Å². The van der Waals surface area contributed by atoms with Crippen molar-refractivity contribution in [3.05, 3.63) is 70.6 Å². The van der Waals surface area contributed by atoms with Gasteiger partial charge in [0.1, 0.15) is 0 Å². The average Bonchev–Trinajstić information content (AvgIpc) is 3.17. The van der Waals surface area contributed by atoms with Crippen molar-refractivity contribution < 1.29 is 9.21 Å². The SMILES string of the molecule is Cc1ccc(-c2nnc(CCC(=O)NCC(c3ccccc3Cl)N(C)C)o2)cc1. The number of hydrogen-bond acceptors (Lipinski definition) is 5. The highest BCUT2D eigenvalue weighted by Crippen LogP contribution is 2.25. The Labute approximate surface area is 175 Å². The predicted molar refractivity (Wildman–Crippen MR) is 114 cm³/mol. The summed E-state index contributed by atoms with van der Waals surface area (Å²) in [7, 11) is 3.93. The molecular weight excluding hydrogens is 388 g/mol. The van der Waals surface area contributed by atoms with E-state index >= 15 is 0 Å². The smallest absolute Gasteiger partial charge is 0.247 e. The summed E-state index contributed by atoms with van der Waals surface area (Å²) in [5.74, 6) is 0.844. The normalized spacial score (nSPS) is 12.2. The minimum absolute atomic E-state index is 0.0100. The number of aromatic nitrogens is 2. The zero-order valence-corrected chi connectivity index (χ0v) is 17.6. The van der Waals surface area contributed by atoms with E-state index in [1.165, 1.54) is 0 Å². The van der Waals surface area contributed by atoms with E-state index in [-0.39, 0.29) is 18.4 Å². The highest BCUT2D eigenvalue weighted by molar-refractivity contribution is 6.31. The zero-order valence-electron chi connectivity index (χ0n) is 16.9. The molecule has 3 aromatic rings. The van der Waals surface area contributed by atoms with Gasteiger partial charge in [0.05, 0.1) is 6.04 Å². The van der Waals surface area contributed by atoms with Crippen molar-refractivity contribution in [1.82, 2.24) is 20.4 Å². The zero-order chi connectivity index (χ0) is 20.8. The van der Waals surface area contributed by atoms with Crippen molar-refractivity contribution in [3.8, 4) is 11.5 Å². The Bertz CT molecular complexity index is 953. The third-order valence-electron chi connectivity index (χ3n) is 4.71. The van der Waals surface area contributed by atoms with Crippen LogP contribution in [0.4, 0.5) is 0 Å². The van der Waals surface area contributed by atoms with Crippen LogP contribution in [-0.4, -0.2) is 41.6 Å². The van der Waals surface area contributed by atoms with E-state index in [9.17, 15) is 4.79 Å². The first kappa shape index (κ1) is 21.0. The Morgan fingerprint density at radius 3 is 2.55 bits per heavy atom. The molecule has 0 saturated carbocycles. The molecule has 3 rings (SSSR count). The molecule has 6 nitrogen and oxygen atoms in total. The number of hydrogen-bond donors (Lipinski definition) is 1. The number of nitrogens with zero attached hydrogens (tertiary/aromatic N) is 3. The van der Waals surface area contributed by atoms with Gasteiger partial charge in [-0.15, -0.1) is 10.2 Å². The van der Waals surface area contributed by atoms with Gasteiger partial charge in [-0.2, -0.15) is 0 Å². The molecule has 0 aliphatic rings. The number of likely N-dealkylation sites (N-methyl/N-ethyl adjacent to an activating group) is 1. The maximum Gasteiger partial charge on any atom is 0.247 e. The Hall–Kier alpha value is -2.70. The summed E-state index contributed by atoms with van der Waals surface area (Å²) in [6, 6.07) is 15.5. The molecule has 0 saturated heterocycles. The first-order chi connectivity index (χ1) is 13.9. The second kappa shape index (κ2) is 9.67. The van der Waals surface area contributed by atoms with Crippen LogP contribution in [0.3, 0.4) is 0 Å². The van der Waals surface area contributed by atoms with Crippen LogP contribution in [0.15, 0.2) is 52.9 Å². The van der Waals surface area contributed by atoms with E-state index in [1.807, 2.05) is 74.4 Å². The number of aryl methyl sites for hydroxylation is 2. The van der Waals surface area contributed by atoms with Crippen LogP contribution in [-0.2, 0) is 11.2 Å². The third-order valence-corrected chi connectivity index (χ3v) is 5.06. The minimum atomic E-state index is -0.0704. The van der Waals surface area contributed by atoms with Crippen molar-refractivity contribution >= 4 is 17.5 Å². The van der Waals surface area contributed by atoms with E-state index in [0.717, 1.165) is 16.7 Å². The van der Waals surface area contributed by atoms with Crippen LogP contribution in [0.25, 0.3) is 11.5 Å². The summed E-state index contributed by atoms with van der Waals surface area (Å²) in [5.41, 5.74) is 3.02. The summed E-state index contributed by atoms with van der Waals surface area (Å²) in [6.07, 6.45) is 0.668. The second-order valence-corrected chi connectivity index (χ2v) is 7.58. The Morgan fingerprint density at radius 1 is 1.14 bits per heavy atom. The van der Waals surface area contributed by atoms with Crippen molar-refractivity contribution in [2.24, 2.45) is 0 Å². The fourth-order valence-corrected chi connectivity index (χ4v) is 3.26. The molecule has 1 amide bonds. The number of nitrogens with one attached hydrogen (secondary N) is 1. The van der Waals surface area contributed by atoms with Gasteiger partial charge in [-0.25, -0.2) is 0 Å². The molecule has 1 N–H and O–H groups in total. The molecule has 152 valence electrons. The number of rotatable bonds is 8.